The fraction of sp³-hybridized carbons (Fsp3) is 0.0909. The van der Waals surface area contributed by atoms with E-state index in [-0.39, 0.29) is 24.1 Å². The number of nitrogens with zero attached hydrogens (tertiary/aromatic N) is 2. The highest BCUT2D eigenvalue weighted by Gasteiger charge is 2.18. The Balaban J connectivity index is 1.47. The van der Waals surface area contributed by atoms with Crippen LogP contribution in [0, 0.1) is 11.3 Å². The molecule has 0 bridgehead atoms. The molecule has 2 aromatic carbocycles. The third kappa shape index (κ3) is 4.40. The van der Waals surface area contributed by atoms with Crippen molar-refractivity contribution in [2.24, 2.45) is 0 Å². The number of benzene rings is 2. The molecule has 0 saturated heterocycles. The lowest BCUT2D eigenvalue weighted by molar-refractivity contribution is 0.271. The second-order valence-corrected chi connectivity index (χ2v) is 6.61. The van der Waals surface area contributed by atoms with Crippen LogP contribution in [0.25, 0.3) is 11.7 Å². The number of methoxy groups -OCH3 is 1. The summed E-state index contributed by atoms with van der Waals surface area (Å²) >= 11 is 5.87. The fourth-order valence-corrected chi connectivity index (χ4v) is 2.77. The summed E-state index contributed by atoms with van der Waals surface area (Å²) < 4.78 is 22.3. The molecule has 1 N–H and O–H groups in total. The molecule has 2 aromatic heterocycles. The van der Waals surface area contributed by atoms with Crippen molar-refractivity contribution in [3.63, 3.8) is 0 Å². The molecule has 0 spiro atoms. The van der Waals surface area contributed by atoms with Gasteiger partial charge in [-0.3, -0.25) is 0 Å². The normalized spacial score (nSPS) is 10.4. The number of hydrogen-bond acceptors (Lipinski definition) is 7. The van der Waals surface area contributed by atoms with Crippen LogP contribution in [-0.4, -0.2) is 12.1 Å². The van der Waals surface area contributed by atoms with Crippen LogP contribution in [0.3, 0.4) is 0 Å². The van der Waals surface area contributed by atoms with E-state index in [1.54, 1.807) is 67.8 Å². The number of rotatable bonds is 7. The Kier molecular flexibility index (Phi) is 5.59. The molecule has 0 unspecified atom stereocenters. The lowest BCUT2D eigenvalue weighted by Gasteiger charge is -2.04. The first-order chi connectivity index (χ1) is 14.6. The van der Waals surface area contributed by atoms with Gasteiger partial charge in [-0.05, 0) is 60.7 Å². The third-order valence-electron chi connectivity index (χ3n) is 4.15. The molecule has 2 heterocycles. The zero-order valence-electron chi connectivity index (χ0n) is 15.9. The van der Waals surface area contributed by atoms with Crippen molar-refractivity contribution in [3.05, 3.63) is 77.1 Å². The number of nitrogens with one attached hydrogen (secondary N) is 1. The van der Waals surface area contributed by atoms with Crippen LogP contribution in [0.4, 0.5) is 11.6 Å². The zero-order chi connectivity index (χ0) is 20.9. The predicted octanol–water partition coefficient (Wildman–Crippen LogP) is 5.79. The number of hydrogen-bond donors (Lipinski definition) is 1. The molecular weight excluding hydrogens is 406 g/mol. The van der Waals surface area contributed by atoms with Crippen molar-refractivity contribution in [1.29, 1.82) is 5.26 Å². The molecule has 4 rings (SSSR count). The molecule has 0 aliphatic heterocycles. The maximum atomic E-state index is 9.38. The maximum Gasteiger partial charge on any atom is 0.266 e. The van der Waals surface area contributed by atoms with Gasteiger partial charge < -0.3 is 23.6 Å². The average molecular weight is 422 g/mol. The van der Waals surface area contributed by atoms with Gasteiger partial charge in [0.2, 0.25) is 11.6 Å². The number of furan rings is 1. The van der Waals surface area contributed by atoms with Crippen molar-refractivity contribution >= 4 is 23.2 Å². The summed E-state index contributed by atoms with van der Waals surface area (Å²) in [6, 6.07) is 19.7. The van der Waals surface area contributed by atoms with E-state index in [0.29, 0.717) is 22.3 Å². The van der Waals surface area contributed by atoms with Crippen LogP contribution in [-0.2, 0) is 6.61 Å². The first-order valence-corrected chi connectivity index (χ1v) is 9.32. The average Bonchev–Trinajstić information content (AvgIpc) is 3.41. The molecule has 7 nitrogen and oxygen atoms in total. The molecule has 8 heteroatoms. The predicted molar refractivity (Wildman–Crippen MR) is 111 cm³/mol. The van der Waals surface area contributed by atoms with E-state index in [1.807, 2.05) is 6.07 Å². The molecular formula is C22H16ClN3O4. The van der Waals surface area contributed by atoms with Gasteiger partial charge in [0.15, 0.2) is 5.76 Å². The van der Waals surface area contributed by atoms with Gasteiger partial charge in [0.25, 0.3) is 5.89 Å². The van der Waals surface area contributed by atoms with E-state index in [4.69, 9.17) is 29.9 Å². The SMILES string of the molecule is COc1ccc(Nc2oc(-c3ccc(COc4ccc(Cl)cc4)o3)nc2C#N)cc1. The smallest absolute Gasteiger partial charge is 0.266 e. The Hall–Kier alpha value is -3.89. The minimum Gasteiger partial charge on any atom is -0.497 e. The number of aromatic nitrogens is 1. The number of anilines is 2. The molecule has 0 aliphatic rings. The van der Waals surface area contributed by atoms with Gasteiger partial charge in [0.1, 0.15) is 29.9 Å². The Morgan fingerprint density at radius 1 is 1.00 bits per heavy atom. The molecule has 150 valence electrons. The molecule has 4 aromatic rings. The Morgan fingerprint density at radius 3 is 2.43 bits per heavy atom. The van der Waals surface area contributed by atoms with Crippen molar-refractivity contribution in [2.75, 3.05) is 12.4 Å². The molecule has 0 fully saturated rings. The summed E-state index contributed by atoms with van der Waals surface area (Å²) in [5, 5.41) is 13.1. The van der Waals surface area contributed by atoms with E-state index in [0.717, 1.165) is 11.4 Å². The lowest BCUT2D eigenvalue weighted by atomic mass is 10.3. The highest BCUT2D eigenvalue weighted by atomic mass is 35.5. The van der Waals surface area contributed by atoms with E-state index >= 15 is 0 Å². The van der Waals surface area contributed by atoms with Gasteiger partial charge in [-0.15, -0.1) is 0 Å². The van der Waals surface area contributed by atoms with Gasteiger partial charge in [-0.1, -0.05) is 11.6 Å². The van der Waals surface area contributed by atoms with Crippen molar-refractivity contribution in [3.8, 4) is 29.2 Å². The molecule has 0 saturated carbocycles. The fourth-order valence-electron chi connectivity index (χ4n) is 2.65. The number of nitriles is 1. The monoisotopic (exact) mass is 421 g/mol. The van der Waals surface area contributed by atoms with Gasteiger partial charge in [-0.25, -0.2) is 0 Å². The maximum absolute atomic E-state index is 9.38. The van der Waals surface area contributed by atoms with Gasteiger partial charge >= 0.3 is 0 Å². The molecule has 0 radical (unpaired) electrons. The lowest BCUT2D eigenvalue weighted by Crippen LogP contribution is -1.93. The molecule has 30 heavy (non-hydrogen) atoms. The highest BCUT2D eigenvalue weighted by molar-refractivity contribution is 6.30. The van der Waals surface area contributed by atoms with Crippen LogP contribution in [0.15, 0.2) is 69.5 Å². The first-order valence-electron chi connectivity index (χ1n) is 8.94. The summed E-state index contributed by atoms with van der Waals surface area (Å²) in [5.74, 6) is 2.80. The van der Waals surface area contributed by atoms with E-state index in [1.165, 1.54) is 0 Å². The van der Waals surface area contributed by atoms with Crippen LogP contribution >= 0.6 is 11.6 Å². The van der Waals surface area contributed by atoms with E-state index in [2.05, 4.69) is 10.3 Å². The zero-order valence-corrected chi connectivity index (χ0v) is 16.6. The Morgan fingerprint density at radius 2 is 1.73 bits per heavy atom. The largest absolute Gasteiger partial charge is 0.497 e. The second kappa shape index (κ2) is 8.64. The number of halogens is 1. The minimum atomic E-state index is 0.121. The molecule has 0 aliphatic carbocycles. The number of ether oxygens (including phenoxy) is 2. The van der Waals surface area contributed by atoms with E-state index < -0.39 is 0 Å². The third-order valence-corrected chi connectivity index (χ3v) is 4.40. The van der Waals surface area contributed by atoms with Crippen molar-refractivity contribution in [1.82, 2.24) is 4.98 Å². The van der Waals surface area contributed by atoms with Crippen LogP contribution in [0.1, 0.15) is 11.5 Å². The standard InChI is InChI=1S/C22H16ClN3O4/c1-27-16-8-4-15(5-9-16)25-21-19(12-24)26-22(30-21)20-11-10-18(29-20)13-28-17-6-2-14(23)3-7-17/h2-11,25H,13H2,1H3. The minimum absolute atomic E-state index is 0.121. The number of oxazole rings is 1. The van der Waals surface area contributed by atoms with Crippen molar-refractivity contribution < 1.29 is 18.3 Å². The Bertz CT molecular complexity index is 1170. The summed E-state index contributed by atoms with van der Waals surface area (Å²) in [7, 11) is 1.59. The van der Waals surface area contributed by atoms with Crippen LogP contribution < -0.4 is 14.8 Å². The van der Waals surface area contributed by atoms with Crippen LogP contribution in [0.5, 0.6) is 11.5 Å². The second-order valence-electron chi connectivity index (χ2n) is 6.17. The van der Waals surface area contributed by atoms with Gasteiger partial charge in [-0.2, -0.15) is 10.2 Å². The first kappa shape index (κ1) is 19.4. The molecule has 0 atom stereocenters. The Labute approximate surface area is 177 Å². The van der Waals surface area contributed by atoms with Crippen LogP contribution in [0.2, 0.25) is 5.02 Å². The molecule has 0 amide bonds. The van der Waals surface area contributed by atoms with Gasteiger partial charge in [0, 0.05) is 10.7 Å². The quantitative estimate of drug-likeness (QED) is 0.403. The van der Waals surface area contributed by atoms with Crippen molar-refractivity contribution in [2.45, 2.75) is 6.61 Å². The summed E-state index contributed by atoms with van der Waals surface area (Å²) in [5.41, 5.74) is 0.850. The highest BCUT2D eigenvalue weighted by Crippen LogP contribution is 2.30. The van der Waals surface area contributed by atoms with E-state index in [9.17, 15) is 5.26 Å². The summed E-state index contributed by atoms with van der Waals surface area (Å²) in [4.78, 5) is 4.21. The topological polar surface area (TPSA) is 93.4 Å². The summed E-state index contributed by atoms with van der Waals surface area (Å²) in [6.07, 6.45) is 0. The van der Waals surface area contributed by atoms with Gasteiger partial charge in [0.05, 0.1) is 7.11 Å². The summed E-state index contributed by atoms with van der Waals surface area (Å²) in [6.45, 7) is 0.227.